The fourth-order valence-electron chi connectivity index (χ4n) is 3.36. The van der Waals surface area contributed by atoms with Crippen molar-refractivity contribution in [2.75, 3.05) is 38.5 Å². The lowest BCUT2D eigenvalue weighted by molar-refractivity contribution is 0.315. The van der Waals surface area contributed by atoms with Crippen LogP contribution in [0.4, 0.5) is 0 Å². The standard InChI is InChI=1S/C16H30N4S.HI/c1-2-17-16(19-11-15-4-3-9-21-15)18-10-13-7-8-20(12-13)14-5-6-14;/h13-15H,2-12H2,1H3,(H2,17,18,19);1H. The lowest BCUT2D eigenvalue weighted by atomic mass is 10.1. The number of likely N-dealkylation sites (tertiary alicyclic amines) is 1. The van der Waals surface area contributed by atoms with E-state index in [-0.39, 0.29) is 24.0 Å². The minimum atomic E-state index is 0. The molecule has 0 bridgehead atoms. The van der Waals surface area contributed by atoms with Crippen LogP contribution < -0.4 is 10.6 Å². The van der Waals surface area contributed by atoms with Crippen LogP contribution in [-0.4, -0.2) is 60.6 Å². The fraction of sp³-hybridized carbons (Fsp3) is 0.938. The zero-order valence-electron chi connectivity index (χ0n) is 13.7. The molecule has 6 heteroatoms. The van der Waals surface area contributed by atoms with Crippen molar-refractivity contribution >= 4 is 41.7 Å². The highest BCUT2D eigenvalue weighted by molar-refractivity contribution is 14.0. The molecule has 0 spiro atoms. The third-order valence-electron chi connectivity index (χ3n) is 4.75. The van der Waals surface area contributed by atoms with Gasteiger partial charge >= 0.3 is 0 Å². The predicted molar refractivity (Wildman–Crippen MR) is 108 cm³/mol. The van der Waals surface area contributed by atoms with E-state index >= 15 is 0 Å². The first kappa shape index (κ1) is 18.6. The van der Waals surface area contributed by atoms with E-state index in [2.05, 4.69) is 34.2 Å². The molecule has 3 fully saturated rings. The first-order valence-corrected chi connectivity index (χ1v) is 9.78. The molecule has 22 heavy (non-hydrogen) atoms. The van der Waals surface area contributed by atoms with Crippen LogP contribution in [0.1, 0.15) is 39.0 Å². The van der Waals surface area contributed by atoms with E-state index in [1.54, 1.807) is 0 Å². The predicted octanol–water partition coefficient (Wildman–Crippen LogP) is 2.54. The molecule has 128 valence electrons. The number of guanidine groups is 1. The van der Waals surface area contributed by atoms with Crippen molar-refractivity contribution < 1.29 is 0 Å². The third kappa shape index (κ3) is 5.74. The van der Waals surface area contributed by atoms with Crippen molar-refractivity contribution in [2.24, 2.45) is 10.9 Å². The Balaban J connectivity index is 0.00000176. The Morgan fingerprint density at radius 3 is 2.77 bits per heavy atom. The van der Waals surface area contributed by atoms with Gasteiger partial charge in [-0.05, 0) is 57.2 Å². The summed E-state index contributed by atoms with van der Waals surface area (Å²) in [6.07, 6.45) is 6.93. The van der Waals surface area contributed by atoms with Crippen LogP contribution in [0.5, 0.6) is 0 Å². The lowest BCUT2D eigenvalue weighted by Gasteiger charge is -2.16. The summed E-state index contributed by atoms with van der Waals surface area (Å²) in [6, 6.07) is 0.921. The average Bonchev–Trinajstić information content (AvgIpc) is 3.03. The van der Waals surface area contributed by atoms with Crippen LogP contribution in [0.3, 0.4) is 0 Å². The lowest BCUT2D eigenvalue weighted by Crippen LogP contribution is -2.40. The smallest absolute Gasteiger partial charge is 0.191 e. The van der Waals surface area contributed by atoms with E-state index in [0.29, 0.717) is 0 Å². The van der Waals surface area contributed by atoms with E-state index in [4.69, 9.17) is 4.99 Å². The fourth-order valence-corrected chi connectivity index (χ4v) is 4.56. The van der Waals surface area contributed by atoms with Gasteiger partial charge in [-0.25, -0.2) is 0 Å². The number of hydrogen-bond acceptors (Lipinski definition) is 3. The van der Waals surface area contributed by atoms with Crippen LogP contribution >= 0.6 is 35.7 Å². The molecular formula is C16H31IN4S. The maximum atomic E-state index is 4.83. The molecule has 0 radical (unpaired) electrons. The molecule has 2 aliphatic heterocycles. The van der Waals surface area contributed by atoms with Crippen molar-refractivity contribution in [3.63, 3.8) is 0 Å². The SMILES string of the molecule is CCNC(=NCC1CCN(C2CC2)C1)NCC1CCCS1.I. The molecule has 2 unspecified atom stereocenters. The topological polar surface area (TPSA) is 39.7 Å². The Morgan fingerprint density at radius 2 is 2.09 bits per heavy atom. The van der Waals surface area contributed by atoms with Gasteiger partial charge in [0.2, 0.25) is 0 Å². The Bertz CT molecular complexity index is 356. The van der Waals surface area contributed by atoms with Crippen molar-refractivity contribution in [1.82, 2.24) is 15.5 Å². The van der Waals surface area contributed by atoms with Crippen molar-refractivity contribution in [2.45, 2.75) is 50.3 Å². The van der Waals surface area contributed by atoms with Gasteiger partial charge in [-0.1, -0.05) is 0 Å². The molecule has 2 atom stereocenters. The van der Waals surface area contributed by atoms with Gasteiger partial charge < -0.3 is 15.5 Å². The van der Waals surface area contributed by atoms with Crippen LogP contribution in [-0.2, 0) is 0 Å². The highest BCUT2D eigenvalue weighted by atomic mass is 127. The van der Waals surface area contributed by atoms with Crippen molar-refractivity contribution in [3.8, 4) is 0 Å². The molecule has 1 saturated carbocycles. The summed E-state index contributed by atoms with van der Waals surface area (Å²) in [7, 11) is 0. The second kappa shape index (κ2) is 9.57. The summed E-state index contributed by atoms with van der Waals surface area (Å²) in [5.74, 6) is 3.12. The highest BCUT2D eigenvalue weighted by Gasteiger charge is 2.34. The maximum Gasteiger partial charge on any atom is 0.191 e. The van der Waals surface area contributed by atoms with Gasteiger partial charge in [-0.3, -0.25) is 4.99 Å². The van der Waals surface area contributed by atoms with Gasteiger partial charge in [-0.15, -0.1) is 24.0 Å². The van der Waals surface area contributed by atoms with Gasteiger partial charge in [0.15, 0.2) is 5.96 Å². The highest BCUT2D eigenvalue weighted by Crippen LogP contribution is 2.31. The molecule has 3 rings (SSSR count). The van der Waals surface area contributed by atoms with Crippen molar-refractivity contribution in [3.05, 3.63) is 0 Å². The van der Waals surface area contributed by atoms with E-state index in [0.717, 1.165) is 42.8 Å². The number of nitrogens with zero attached hydrogens (tertiary/aromatic N) is 2. The Kier molecular flexibility index (Phi) is 8.11. The summed E-state index contributed by atoms with van der Waals surface area (Å²) < 4.78 is 0. The van der Waals surface area contributed by atoms with Crippen LogP contribution in [0.2, 0.25) is 0 Å². The molecule has 2 heterocycles. The van der Waals surface area contributed by atoms with E-state index in [9.17, 15) is 0 Å². The summed E-state index contributed by atoms with van der Waals surface area (Å²) >= 11 is 2.10. The Morgan fingerprint density at radius 1 is 1.23 bits per heavy atom. The molecule has 0 aromatic rings. The van der Waals surface area contributed by atoms with E-state index < -0.39 is 0 Å². The van der Waals surface area contributed by atoms with Gasteiger partial charge in [0, 0.05) is 37.5 Å². The molecule has 4 nitrogen and oxygen atoms in total. The number of thioether (sulfide) groups is 1. The van der Waals surface area contributed by atoms with Gasteiger partial charge in [0.25, 0.3) is 0 Å². The largest absolute Gasteiger partial charge is 0.357 e. The molecule has 1 aliphatic carbocycles. The third-order valence-corrected chi connectivity index (χ3v) is 6.15. The minimum Gasteiger partial charge on any atom is -0.357 e. The molecule has 2 saturated heterocycles. The summed E-state index contributed by atoms with van der Waals surface area (Å²) in [4.78, 5) is 7.51. The second-order valence-electron chi connectivity index (χ2n) is 6.62. The van der Waals surface area contributed by atoms with Crippen LogP contribution in [0, 0.1) is 5.92 Å². The number of nitrogens with one attached hydrogen (secondary N) is 2. The maximum absolute atomic E-state index is 4.83. The van der Waals surface area contributed by atoms with Crippen LogP contribution in [0.25, 0.3) is 0 Å². The average molecular weight is 438 g/mol. The van der Waals surface area contributed by atoms with Crippen LogP contribution in [0.15, 0.2) is 4.99 Å². The Labute approximate surface area is 156 Å². The monoisotopic (exact) mass is 438 g/mol. The zero-order chi connectivity index (χ0) is 14.5. The summed E-state index contributed by atoms with van der Waals surface area (Å²) in [6.45, 7) is 7.71. The molecule has 3 aliphatic rings. The summed E-state index contributed by atoms with van der Waals surface area (Å²) in [5, 5.41) is 7.71. The quantitative estimate of drug-likeness (QED) is 0.380. The van der Waals surface area contributed by atoms with E-state index in [1.165, 1.54) is 50.9 Å². The van der Waals surface area contributed by atoms with Crippen molar-refractivity contribution in [1.29, 1.82) is 0 Å². The Hall–Kier alpha value is 0.310. The number of halogens is 1. The van der Waals surface area contributed by atoms with Gasteiger partial charge in [-0.2, -0.15) is 11.8 Å². The zero-order valence-corrected chi connectivity index (χ0v) is 16.9. The number of rotatable bonds is 6. The molecule has 0 amide bonds. The normalized spacial score (nSPS) is 29.4. The number of hydrogen-bond donors (Lipinski definition) is 2. The van der Waals surface area contributed by atoms with Gasteiger partial charge in [0.1, 0.15) is 0 Å². The molecule has 0 aromatic carbocycles. The molecule has 2 N–H and O–H groups in total. The van der Waals surface area contributed by atoms with E-state index in [1.807, 2.05) is 0 Å². The summed E-state index contributed by atoms with van der Waals surface area (Å²) in [5.41, 5.74) is 0. The minimum absolute atomic E-state index is 0. The second-order valence-corrected chi connectivity index (χ2v) is 8.02. The number of aliphatic imine (C=N–C) groups is 1. The molecular weight excluding hydrogens is 407 g/mol. The molecule has 0 aromatic heterocycles. The first-order chi connectivity index (χ1) is 10.3. The first-order valence-electron chi connectivity index (χ1n) is 8.73. The van der Waals surface area contributed by atoms with Gasteiger partial charge in [0.05, 0.1) is 0 Å².